The van der Waals surface area contributed by atoms with Crippen molar-refractivity contribution < 1.29 is 14.3 Å². The number of hydrogen-bond donors (Lipinski definition) is 1. The lowest BCUT2D eigenvalue weighted by Gasteiger charge is -2.10. The summed E-state index contributed by atoms with van der Waals surface area (Å²) >= 11 is 0. The fourth-order valence-electron chi connectivity index (χ4n) is 1.16. The number of nitrogens with one attached hydrogen (secondary N) is 1. The van der Waals surface area contributed by atoms with Gasteiger partial charge in [-0.25, -0.2) is 0 Å². The Hall–Kier alpha value is -1.32. The third kappa shape index (κ3) is 2.08. The summed E-state index contributed by atoms with van der Waals surface area (Å²) in [6.07, 6.45) is 0.926. The smallest absolute Gasteiger partial charge is 0.323 e. The van der Waals surface area contributed by atoms with Crippen LogP contribution in [0.25, 0.3) is 0 Å². The summed E-state index contributed by atoms with van der Waals surface area (Å²) < 4.78 is 4.59. The summed E-state index contributed by atoms with van der Waals surface area (Å²) in [6.45, 7) is 6.24. The van der Waals surface area contributed by atoms with Crippen LogP contribution in [0.5, 0.6) is 0 Å². The molecule has 0 unspecified atom stereocenters. The van der Waals surface area contributed by atoms with Gasteiger partial charge in [0.25, 0.3) is 0 Å². The fraction of sp³-hybridized carbons (Fsp3) is 0.556. The zero-order chi connectivity index (χ0) is 9.84. The SMILES string of the molecule is C=C(NCCC)[C@@H]1C(=O)COC1=O. The molecule has 0 radical (unpaired) electrons. The van der Waals surface area contributed by atoms with Gasteiger partial charge < -0.3 is 10.1 Å². The molecule has 13 heavy (non-hydrogen) atoms. The van der Waals surface area contributed by atoms with Gasteiger partial charge in [0, 0.05) is 12.2 Å². The number of carbonyl (C=O) groups is 2. The van der Waals surface area contributed by atoms with Crippen molar-refractivity contribution in [2.75, 3.05) is 13.2 Å². The Bertz CT molecular complexity index is 231. The highest BCUT2D eigenvalue weighted by Gasteiger charge is 2.37. The summed E-state index contributed by atoms with van der Waals surface area (Å²) in [6, 6.07) is 0. The lowest BCUT2D eigenvalue weighted by atomic mass is 10.0. The molecule has 4 nitrogen and oxygen atoms in total. The maximum atomic E-state index is 11.1. The van der Waals surface area contributed by atoms with Gasteiger partial charge in [0.05, 0.1) is 0 Å². The molecule has 1 saturated heterocycles. The van der Waals surface area contributed by atoms with Crippen molar-refractivity contribution in [3.63, 3.8) is 0 Å². The molecule has 1 aliphatic heterocycles. The van der Waals surface area contributed by atoms with Crippen LogP contribution in [-0.2, 0) is 14.3 Å². The molecule has 1 atom stereocenters. The summed E-state index contributed by atoms with van der Waals surface area (Å²) in [5, 5.41) is 2.92. The minimum atomic E-state index is -0.786. The van der Waals surface area contributed by atoms with Crippen molar-refractivity contribution in [2.24, 2.45) is 5.92 Å². The van der Waals surface area contributed by atoms with Gasteiger partial charge in [-0.3, -0.25) is 9.59 Å². The molecule has 0 amide bonds. The third-order valence-corrected chi connectivity index (χ3v) is 1.86. The number of hydrogen-bond acceptors (Lipinski definition) is 4. The molecule has 4 heteroatoms. The van der Waals surface area contributed by atoms with E-state index in [0.29, 0.717) is 5.70 Å². The highest BCUT2D eigenvalue weighted by atomic mass is 16.5. The number of rotatable bonds is 4. The molecule has 0 aliphatic carbocycles. The largest absolute Gasteiger partial charge is 0.457 e. The predicted molar refractivity (Wildman–Crippen MR) is 46.9 cm³/mol. The number of carbonyl (C=O) groups excluding carboxylic acids is 2. The highest BCUT2D eigenvalue weighted by Crippen LogP contribution is 2.16. The van der Waals surface area contributed by atoms with Crippen molar-refractivity contribution in [1.29, 1.82) is 0 Å². The van der Waals surface area contributed by atoms with Crippen LogP contribution in [0.2, 0.25) is 0 Å². The van der Waals surface area contributed by atoms with Crippen LogP contribution in [0.3, 0.4) is 0 Å². The van der Waals surface area contributed by atoms with E-state index in [0.717, 1.165) is 13.0 Å². The lowest BCUT2D eigenvalue weighted by molar-refractivity contribution is -0.140. The van der Waals surface area contributed by atoms with E-state index < -0.39 is 11.9 Å². The Balaban J connectivity index is 2.54. The summed E-state index contributed by atoms with van der Waals surface area (Å²) in [7, 11) is 0. The monoisotopic (exact) mass is 183 g/mol. The van der Waals surface area contributed by atoms with Crippen LogP contribution in [-0.4, -0.2) is 24.9 Å². The Morgan fingerprint density at radius 1 is 1.69 bits per heavy atom. The van der Waals surface area contributed by atoms with Crippen LogP contribution in [0, 0.1) is 5.92 Å². The molecule has 1 fully saturated rings. The maximum Gasteiger partial charge on any atom is 0.323 e. The first-order valence-corrected chi connectivity index (χ1v) is 4.28. The van der Waals surface area contributed by atoms with E-state index in [1.807, 2.05) is 6.92 Å². The van der Waals surface area contributed by atoms with Gasteiger partial charge in [-0.1, -0.05) is 13.5 Å². The second kappa shape index (κ2) is 4.07. The quantitative estimate of drug-likeness (QED) is 0.501. The van der Waals surface area contributed by atoms with Gasteiger partial charge >= 0.3 is 5.97 Å². The van der Waals surface area contributed by atoms with Crippen LogP contribution >= 0.6 is 0 Å². The van der Waals surface area contributed by atoms with E-state index in [2.05, 4.69) is 16.6 Å². The highest BCUT2D eigenvalue weighted by molar-refractivity contribution is 6.06. The average molecular weight is 183 g/mol. The second-order valence-electron chi connectivity index (χ2n) is 2.96. The molecule has 1 heterocycles. The lowest BCUT2D eigenvalue weighted by Crippen LogP contribution is -2.27. The molecule has 0 bridgehead atoms. The Morgan fingerprint density at radius 2 is 2.38 bits per heavy atom. The molecule has 0 saturated carbocycles. The molecular weight excluding hydrogens is 170 g/mol. The topological polar surface area (TPSA) is 55.4 Å². The summed E-state index contributed by atoms with van der Waals surface area (Å²) in [5.74, 6) is -1.48. The molecule has 0 aromatic rings. The van der Waals surface area contributed by atoms with E-state index >= 15 is 0 Å². The predicted octanol–water partition coefficient (Wildman–Crippen LogP) is 0.242. The van der Waals surface area contributed by atoms with Crippen molar-refractivity contribution in [3.05, 3.63) is 12.3 Å². The standard InChI is InChI=1S/C9H13NO3/c1-3-4-10-6(2)8-7(11)5-13-9(8)12/h8,10H,2-5H2,1H3/t8-/m1/s1. The van der Waals surface area contributed by atoms with Crippen molar-refractivity contribution in [1.82, 2.24) is 5.32 Å². The van der Waals surface area contributed by atoms with Gasteiger partial charge in [0.15, 0.2) is 18.3 Å². The first-order valence-electron chi connectivity index (χ1n) is 4.28. The second-order valence-corrected chi connectivity index (χ2v) is 2.96. The first kappa shape index (κ1) is 9.77. The molecule has 0 aromatic heterocycles. The normalized spacial score (nSPS) is 21.5. The van der Waals surface area contributed by atoms with Crippen LogP contribution in [0.15, 0.2) is 12.3 Å². The van der Waals surface area contributed by atoms with Gasteiger partial charge in [0.1, 0.15) is 0 Å². The number of Topliss-reactive ketones (excluding diaryl/α,β-unsaturated/α-hetero) is 1. The summed E-state index contributed by atoms with van der Waals surface area (Å²) in [4.78, 5) is 22.2. The van der Waals surface area contributed by atoms with Gasteiger partial charge in [-0.05, 0) is 6.42 Å². The van der Waals surface area contributed by atoms with E-state index in [4.69, 9.17) is 0 Å². The maximum absolute atomic E-state index is 11.1. The van der Waals surface area contributed by atoms with Crippen LogP contribution in [0.1, 0.15) is 13.3 Å². The Labute approximate surface area is 76.9 Å². The summed E-state index contributed by atoms with van der Waals surface area (Å²) in [5.41, 5.74) is 0.453. The molecule has 0 aromatic carbocycles. The number of esters is 1. The first-order chi connectivity index (χ1) is 6.16. The molecule has 72 valence electrons. The van der Waals surface area contributed by atoms with E-state index in [9.17, 15) is 9.59 Å². The molecule has 1 rings (SSSR count). The molecule has 1 N–H and O–H groups in total. The fourth-order valence-corrected chi connectivity index (χ4v) is 1.16. The minimum Gasteiger partial charge on any atom is -0.457 e. The Kier molecular flexibility index (Phi) is 3.06. The minimum absolute atomic E-state index is 0.115. The zero-order valence-corrected chi connectivity index (χ0v) is 7.63. The van der Waals surface area contributed by atoms with E-state index in [1.165, 1.54) is 0 Å². The molecule has 0 spiro atoms. The van der Waals surface area contributed by atoms with Crippen molar-refractivity contribution in [2.45, 2.75) is 13.3 Å². The van der Waals surface area contributed by atoms with Gasteiger partial charge in [-0.2, -0.15) is 0 Å². The number of ketones is 1. The van der Waals surface area contributed by atoms with E-state index in [-0.39, 0.29) is 12.4 Å². The third-order valence-electron chi connectivity index (χ3n) is 1.86. The van der Waals surface area contributed by atoms with Crippen LogP contribution in [0.4, 0.5) is 0 Å². The zero-order valence-electron chi connectivity index (χ0n) is 7.63. The molecule has 1 aliphatic rings. The van der Waals surface area contributed by atoms with Gasteiger partial charge in [-0.15, -0.1) is 0 Å². The van der Waals surface area contributed by atoms with Gasteiger partial charge in [0.2, 0.25) is 0 Å². The molecular formula is C9H13NO3. The average Bonchev–Trinajstić information content (AvgIpc) is 2.42. The van der Waals surface area contributed by atoms with E-state index in [1.54, 1.807) is 0 Å². The van der Waals surface area contributed by atoms with Crippen molar-refractivity contribution in [3.8, 4) is 0 Å². The van der Waals surface area contributed by atoms with Crippen molar-refractivity contribution >= 4 is 11.8 Å². The van der Waals surface area contributed by atoms with Crippen LogP contribution < -0.4 is 5.32 Å². The number of cyclic esters (lactones) is 1. The number of ether oxygens (including phenoxy) is 1. The Morgan fingerprint density at radius 3 is 2.85 bits per heavy atom.